The molecule has 1 N–H and O–H groups in total. The van der Waals surface area contributed by atoms with Gasteiger partial charge in [-0.05, 0) is 59.1 Å². The molecule has 0 fully saturated rings. The van der Waals surface area contributed by atoms with Crippen LogP contribution in [0.5, 0.6) is 11.5 Å². The number of halogens is 1. The Balaban J connectivity index is 1.83. The molecule has 1 aliphatic rings. The third kappa shape index (κ3) is 3.32. The Bertz CT molecular complexity index is 1500. The van der Waals surface area contributed by atoms with Crippen molar-refractivity contribution in [3.8, 4) is 11.5 Å². The number of methoxy groups -OCH3 is 1. The molecule has 1 aliphatic heterocycles. The van der Waals surface area contributed by atoms with Crippen molar-refractivity contribution in [1.82, 2.24) is 10.2 Å². The summed E-state index contributed by atoms with van der Waals surface area (Å²) < 4.78 is 11.6. The largest absolute Gasteiger partial charge is 0.503 e. The number of rotatable bonds is 4. The van der Waals surface area contributed by atoms with Crippen LogP contribution in [0.4, 0.5) is 5.13 Å². The molecule has 1 amide bonds. The second-order valence-corrected chi connectivity index (χ2v) is 9.53. The maximum Gasteiger partial charge on any atom is 0.297 e. The number of phenolic OH excluding ortho intramolecular Hbond substituents is 1. The molecule has 33 heavy (non-hydrogen) atoms. The highest BCUT2D eigenvalue weighted by Crippen LogP contribution is 2.45. The lowest BCUT2D eigenvalue weighted by Crippen LogP contribution is -2.29. The van der Waals surface area contributed by atoms with Crippen molar-refractivity contribution in [1.29, 1.82) is 0 Å². The fraction of sp³-hybridized carbons (Fsp3) is 0.217. The monoisotopic (exact) mass is 527 g/mol. The van der Waals surface area contributed by atoms with Crippen LogP contribution in [0.3, 0.4) is 0 Å². The molecule has 0 saturated carbocycles. The van der Waals surface area contributed by atoms with Gasteiger partial charge in [-0.1, -0.05) is 29.9 Å². The van der Waals surface area contributed by atoms with Crippen LogP contribution in [0.1, 0.15) is 45.2 Å². The highest BCUT2D eigenvalue weighted by Gasteiger charge is 2.45. The van der Waals surface area contributed by atoms with Gasteiger partial charge in [0, 0.05) is 0 Å². The van der Waals surface area contributed by atoms with E-state index in [9.17, 15) is 14.7 Å². The van der Waals surface area contributed by atoms with Crippen molar-refractivity contribution in [2.45, 2.75) is 26.3 Å². The van der Waals surface area contributed by atoms with Crippen molar-refractivity contribution < 1.29 is 19.1 Å². The highest BCUT2D eigenvalue weighted by atomic mass is 79.9. The lowest BCUT2D eigenvalue weighted by Gasteiger charge is -2.23. The van der Waals surface area contributed by atoms with E-state index in [1.165, 1.54) is 23.3 Å². The second-order valence-electron chi connectivity index (χ2n) is 7.64. The van der Waals surface area contributed by atoms with Crippen LogP contribution in [0.25, 0.3) is 11.0 Å². The maximum atomic E-state index is 13.7. The van der Waals surface area contributed by atoms with Gasteiger partial charge in [0.15, 0.2) is 16.9 Å². The van der Waals surface area contributed by atoms with Gasteiger partial charge < -0.3 is 14.3 Å². The number of aromatic nitrogens is 2. The van der Waals surface area contributed by atoms with Crippen LogP contribution < -0.4 is 15.1 Å². The summed E-state index contributed by atoms with van der Waals surface area (Å²) in [7, 11) is 1.43. The minimum atomic E-state index is -0.836. The Kier molecular flexibility index (Phi) is 5.21. The zero-order chi connectivity index (χ0) is 23.4. The van der Waals surface area contributed by atoms with E-state index >= 15 is 0 Å². The average molecular weight is 528 g/mol. The van der Waals surface area contributed by atoms with Gasteiger partial charge in [0.2, 0.25) is 10.9 Å². The van der Waals surface area contributed by atoms with E-state index < -0.39 is 11.9 Å². The molecule has 168 valence electrons. The lowest BCUT2D eigenvalue weighted by atomic mass is 9.98. The van der Waals surface area contributed by atoms with Gasteiger partial charge >= 0.3 is 0 Å². The van der Waals surface area contributed by atoms with Gasteiger partial charge in [-0.25, -0.2) is 0 Å². The summed E-state index contributed by atoms with van der Waals surface area (Å²) in [6.45, 7) is 3.83. The quantitative estimate of drug-likeness (QED) is 0.408. The zero-order valence-electron chi connectivity index (χ0n) is 17.9. The predicted molar refractivity (Wildman–Crippen MR) is 128 cm³/mol. The fourth-order valence-electron chi connectivity index (χ4n) is 3.99. The van der Waals surface area contributed by atoms with Crippen molar-refractivity contribution in [3.05, 3.63) is 72.5 Å². The van der Waals surface area contributed by atoms with E-state index in [1.807, 2.05) is 19.9 Å². The smallest absolute Gasteiger partial charge is 0.297 e. The summed E-state index contributed by atoms with van der Waals surface area (Å²) in [5.74, 6) is -0.384. The number of fused-ring (bicyclic) bond motifs is 2. The number of carbonyl (C=O) groups is 1. The summed E-state index contributed by atoms with van der Waals surface area (Å²) in [6, 6.07) is 7.68. The van der Waals surface area contributed by atoms with Gasteiger partial charge in [0.25, 0.3) is 5.91 Å². The van der Waals surface area contributed by atoms with Gasteiger partial charge in [-0.3, -0.25) is 14.5 Å². The third-order valence-electron chi connectivity index (χ3n) is 5.58. The minimum absolute atomic E-state index is 0.0298. The summed E-state index contributed by atoms with van der Waals surface area (Å²) >= 11 is 4.62. The van der Waals surface area contributed by atoms with Crippen LogP contribution in [-0.4, -0.2) is 28.3 Å². The molecule has 0 spiro atoms. The second kappa shape index (κ2) is 7.96. The number of aromatic hydroxyl groups is 1. The molecular weight excluding hydrogens is 510 g/mol. The first-order chi connectivity index (χ1) is 15.8. The normalized spacial score (nSPS) is 15.3. The Morgan fingerprint density at radius 2 is 2.03 bits per heavy atom. The highest BCUT2D eigenvalue weighted by molar-refractivity contribution is 9.10. The Hall–Kier alpha value is -3.24. The van der Waals surface area contributed by atoms with Crippen molar-refractivity contribution in [2.24, 2.45) is 0 Å². The molecule has 0 aliphatic carbocycles. The molecule has 8 nitrogen and oxygen atoms in total. The summed E-state index contributed by atoms with van der Waals surface area (Å²) in [6.07, 6.45) is 0.663. The number of hydrogen-bond acceptors (Lipinski definition) is 8. The average Bonchev–Trinajstić information content (AvgIpc) is 3.39. The van der Waals surface area contributed by atoms with Crippen molar-refractivity contribution in [3.63, 3.8) is 0 Å². The van der Waals surface area contributed by atoms with Crippen LogP contribution >= 0.6 is 27.3 Å². The lowest BCUT2D eigenvalue weighted by molar-refractivity contribution is 0.0970. The zero-order valence-corrected chi connectivity index (χ0v) is 20.3. The van der Waals surface area contributed by atoms with Crippen LogP contribution in [-0.2, 0) is 6.42 Å². The number of hydrogen-bond donors (Lipinski definition) is 1. The van der Waals surface area contributed by atoms with Crippen LogP contribution in [0, 0.1) is 6.92 Å². The SMILES string of the molecule is CCc1nnc(N2C(=O)c3oc4ccc(C)cc4c(=O)c3[C@H]2c2cc(Br)c(O)c(OC)c2)s1. The predicted octanol–water partition coefficient (Wildman–Crippen LogP) is 4.74. The molecule has 10 heteroatoms. The number of amides is 1. The molecule has 3 heterocycles. The number of carbonyl (C=O) groups excluding carboxylic acids is 1. The standard InChI is InChI=1S/C23H18BrN3O5S/c1-4-16-25-26-23(33-16)27-18(11-8-13(24)20(29)15(9-11)31-3)17-19(28)12-7-10(2)5-6-14(12)32-21(17)22(27)30/h5-9,18,29H,4H2,1-3H3/t18-/m1/s1. The number of benzene rings is 2. The van der Waals surface area contributed by atoms with Gasteiger partial charge in [-0.15, -0.1) is 10.2 Å². The molecule has 2 aromatic heterocycles. The van der Waals surface area contributed by atoms with E-state index in [4.69, 9.17) is 9.15 Å². The number of nitrogens with zero attached hydrogens (tertiary/aromatic N) is 3. The number of phenols is 1. The molecular formula is C23H18BrN3O5S. The molecule has 0 radical (unpaired) electrons. The topological polar surface area (TPSA) is 106 Å². The molecule has 1 atom stereocenters. The number of ether oxygens (including phenoxy) is 1. The first kappa shape index (κ1) is 21.6. The molecule has 0 unspecified atom stereocenters. The summed E-state index contributed by atoms with van der Waals surface area (Å²) in [5.41, 5.74) is 1.72. The first-order valence-electron chi connectivity index (χ1n) is 10.1. The van der Waals surface area contributed by atoms with E-state index in [2.05, 4.69) is 26.1 Å². The molecule has 0 saturated heterocycles. The molecule has 5 rings (SSSR count). The maximum absolute atomic E-state index is 13.7. The van der Waals surface area contributed by atoms with Gasteiger partial charge in [0.1, 0.15) is 10.6 Å². The first-order valence-corrected chi connectivity index (χ1v) is 11.7. The van der Waals surface area contributed by atoms with E-state index in [0.29, 0.717) is 32.6 Å². The van der Waals surface area contributed by atoms with E-state index in [0.717, 1.165) is 10.6 Å². The third-order valence-corrected chi connectivity index (χ3v) is 7.25. The van der Waals surface area contributed by atoms with E-state index in [-0.39, 0.29) is 28.3 Å². The summed E-state index contributed by atoms with van der Waals surface area (Å²) in [4.78, 5) is 28.7. The Morgan fingerprint density at radius 3 is 2.73 bits per heavy atom. The van der Waals surface area contributed by atoms with E-state index in [1.54, 1.807) is 24.3 Å². The molecule has 0 bridgehead atoms. The van der Waals surface area contributed by atoms with Crippen molar-refractivity contribution >= 4 is 49.3 Å². The fourth-order valence-corrected chi connectivity index (χ4v) is 5.26. The van der Waals surface area contributed by atoms with Crippen molar-refractivity contribution in [2.75, 3.05) is 12.0 Å². The molecule has 4 aromatic rings. The Labute approximate surface area is 200 Å². The van der Waals surface area contributed by atoms with Crippen LogP contribution in [0.2, 0.25) is 0 Å². The number of aryl methyl sites for hydroxylation is 2. The Morgan fingerprint density at radius 1 is 1.24 bits per heavy atom. The van der Waals surface area contributed by atoms with Crippen LogP contribution in [0.15, 0.2) is 44.0 Å². The number of anilines is 1. The van der Waals surface area contributed by atoms with Gasteiger partial charge in [-0.2, -0.15) is 0 Å². The molecule has 2 aromatic carbocycles. The summed E-state index contributed by atoms with van der Waals surface area (Å²) in [5, 5.41) is 20.2. The van der Waals surface area contributed by atoms with Gasteiger partial charge in [0.05, 0.1) is 28.6 Å². The minimum Gasteiger partial charge on any atom is -0.503 e.